The Balaban J connectivity index is 1.21. The number of nitrogens with zero attached hydrogens (tertiary/aromatic N) is 1. The number of nitrogens with one attached hydrogen (secondary N) is 1. The fourth-order valence-corrected chi connectivity index (χ4v) is 5.30. The summed E-state index contributed by atoms with van der Waals surface area (Å²) in [7, 11) is 0. The predicted molar refractivity (Wildman–Crippen MR) is 122 cm³/mol. The summed E-state index contributed by atoms with van der Waals surface area (Å²) in [4.78, 5) is 17.0. The van der Waals surface area contributed by atoms with Gasteiger partial charge in [-0.05, 0) is 111 Å². The van der Waals surface area contributed by atoms with Crippen molar-refractivity contribution in [3.8, 4) is 0 Å². The van der Waals surface area contributed by atoms with Crippen LogP contribution in [0.5, 0.6) is 0 Å². The summed E-state index contributed by atoms with van der Waals surface area (Å²) in [5.74, 6) is 0.854. The van der Waals surface area contributed by atoms with E-state index in [0.717, 1.165) is 55.8 Å². The minimum Gasteiger partial charge on any atom is -0.347 e. The lowest BCUT2D eigenvalue weighted by atomic mass is 9.75. The van der Waals surface area contributed by atoms with Crippen LogP contribution in [-0.2, 0) is 0 Å². The lowest BCUT2D eigenvalue weighted by molar-refractivity contribution is 0.0921. The van der Waals surface area contributed by atoms with Gasteiger partial charge in [0, 0.05) is 27.7 Å². The number of hydrogen-bond acceptors (Lipinski definition) is 2. The van der Waals surface area contributed by atoms with Crippen molar-refractivity contribution in [1.82, 2.24) is 10.3 Å². The van der Waals surface area contributed by atoms with Gasteiger partial charge in [-0.25, -0.2) is 4.39 Å². The second kappa shape index (κ2) is 8.23. The van der Waals surface area contributed by atoms with Crippen molar-refractivity contribution in [3.63, 3.8) is 0 Å². The van der Waals surface area contributed by atoms with Gasteiger partial charge in [-0.3, -0.25) is 9.78 Å². The third-order valence-corrected chi connectivity index (χ3v) is 7.29. The number of pyridine rings is 1. The van der Waals surface area contributed by atoms with Gasteiger partial charge in [0.2, 0.25) is 0 Å². The van der Waals surface area contributed by atoms with Crippen LogP contribution in [0.3, 0.4) is 0 Å². The number of rotatable bonds is 5. The van der Waals surface area contributed by atoms with Gasteiger partial charge in [0.15, 0.2) is 0 Å². The van der Waals surface area contributed by atoms with Gasteiger partial charge < -0.3 is 5.32 Å². The zero-order valence-electron chi connectivity index (χ0n) is 17.4. The van der Waals surface area contributed by atoms with Crippen molar-refractivity contribution in [3.05, 3.63) is 76.7 Å². The van der Waals surface area contributed by atoms with Crippen LogP contribution in [0.4, 0.5) is 4.39 Å². The van der Waals surface area contributed by atoms with Gasteiger partial charge in [-0.2, -0.15) is 0 Å². The van der Waals surface area contributed by atoms with Crippen LogP contribution >= 0.6 is 11.6 Å². The van der Waals surface area contributed by atoms with E-state index in [1.807, 2.05) is 6.20 Å². The Labute approximate surface area is 187 Å². The predicted octanol–water partition coefficient (Wildman–Crippen LogP) is 6.65. The average molecular weight is 437 g/mol. The molecule has 2 saturated carbocycles. The quantitative estimate of drug-likeness (QED) is 0.486. The Bertz CT molecular complexity index is 1100. The summed E-state index contributed by atoms with van der Waals surface area (Å²) in [5.41, 5.74) is 2.71. The Kier molecular flexibility index (Phi) is 5.43. The van der Waals surface area contributed by atoms with Gasteiger partial charge in [-0.15, -0.1) is 0 Å². The van der Waals surface area contributed by atoms with Crippen molar-refractivity contribution >= 4 is 28.4 Å². The Morgan fingerprint density at radius 3 is 2.52 bits per heavy atom. The van der Waals surface area contributed by atoms with Crippen molar-refractivity contribution in [2.24, 2.45) is 5.92 Å². The van der Waals surface area contributed by atoms with Gasteiger partial charge in [0.25, 0.3) is 5.91 Å². The second-order valence-corrected chi connectivity index (χ2v) is 9.66. The first-order chi connectivity index (χ1) is 15.0. The molecule has 5 rings (SSSR count). The first-order valence-electron chi connectivity index (χ1n) is 11.1. The molecule has 0 atom stereocenters. The molecule has 2 aliphatic rings. The largest absolute Gasteiger partial charge is 0.347 e. The highest BCUT2D eigenvalue weighted by Crippen LogP contribution is 2.47. The third-order valence-electron chi connectivity index (χ3n) is 7.04. The molecule has 3 aromatic rings. The molecule has 2 aliphatic carbocycles. The van der Waals surface area contributed by atoms with Crippen LogP contribution in [0.15, 0.2) is 54.7 Å². The summed E-state index contributed by atoms with van der Waals surface area (Å²) in [5, 5.41) is 4.87. The van der Waals surface area contributed by atoms with Crippen LogP contribution in [0.25, 0.3) is 10.9 Å². The van der Waals surface area contributed by atoms with E-state index in [1.165, 1.54) is 11.6 Å². The summed E-state index contributed by atoms with van der Waals surface area (Å²) in [6, 6.07) is 14.0. The molecule has 0 unspecified atom stereocenters. The molecule has 0 bridgehead atoms. The number of amides is 1. The highest BCUT2D eigenvalue weighted by Gasteiger charge is 2.45. The lowest BCUT2D eigenvalue weighted by Gasteiger charge is -2.32. The standard InChI is InChI=1S/C26H26ClFN2O/c27-20-7-5-19(6-8-20)25(31)30-26(12-13-26)16-17-1-3-18(4-2-17)22-11-14-29-24-10-9-21(28)15-23(22)24/h5-11,14-15,17-18H,1-4,12-13,16H2,(H,30,31)/t17-,18+. The maximum Gasteiger partial charge on any atom is 0.251 e. The molecule has 1 aromatic heterocycles. The molecule has 1 N–H and O–H groups in total. The molecule has 2 aromatic carbocycles. The molecule has 1 heterocycles. The number of hydrogen-bond donors (Lipinski definition) is 1. The molecule has 3 nitrogen and oxygen atoms in total. The van der Waals surface area contributed by atoms with Crippen molar-refractivity contribution < 1.29 is 9.18 Å². The van der Waals surface area contributed by atoms with Crippen molar-refractivity contribution in [2.45, 2.75) is 56.4 Å². The van der Waals surface area contributed by atoms with Gasteiger partial charge in [0.05, 0.1) is 5.52 Å². The maximum atomic E-state index is 13.8. The Hall–Kier alpha value is -2.46. The monoisotopic (exact) mass is 436 g/mol. The number of halogens is 2. The summed E-state index contributed by atoms with van der Waals surface area (Å²) in [6.07, 6.45) is 9.48. The van der Waals surface area contributed by atoms with E-state index in [9.17, 15) is 9.18 Å². The summed E-state index contributed by atoms with van der Waals surface area (Å²) < 4.78 is 13.8. The van der Waals surface area contributed by atoms with E-state index in [2.05, 4.69) is 16.4 Å². The zero-order chi connectivity index (χ0) is 21.4. The van der Waals surface area contributed by atoms with E-state index < -0.39 is 0 Å². The summed E-state index contributed by atoms with van der Waals surface area (Å²) >= 11 is 5.93. The lowest BCUT2D eigenvalue weighted by Crippen LogP contribution is -2.38. The SMILES string of the molecule is O=C(NC1(C[C@H]2CC[C@@H](c3ccnc4ccc(F)cc43)CC2)CC1)c1ccc(Cl)cc1. The number of carbonyl (C=O) groups excluding carboxylic acids is 1. The molecule has 2 fully saturated rings. The first kappa shape index (κ1) is 20.4. The van der Waals surface area contributed by atoms with E-state index in [4.69, 9.17) is 11.6 Å². The van der Waals surface area contributed by atoms with E-state index >= 15 is 0 Å². The van der Waals surface area contributed by atoms with Gasteiger partial charge >= 0.3 is 0 Å². The minimum atomic E-state index is -0.206. The van der Waals surface area contributed by atoms with Crippen molar-refractivity contribution in [1.29, 1.82) is 0 Å². The fourth-order valence-electron chi connectivity index (χ4n) is 5.17. The van der Waals surface area contributed by atoms with Crippen LogP contribution in [0.1, 0.15) is 66.8 Å². The average Bonchev–Trinajstić information content (AvgIpc) is 3.53. The highest BCUT2D eigenvalue weighted by molar-refractivity contribution is 6.30. The van der Waals surface area contributed by atoms with Crippen LogP contribution in [0.2, 0.25) is 5.02 Å². The molecule has 0 radical (unpaired) electrons. The minimum absolute atomic E-state index is 0.00636. The Morgan fingerprint density at radius 2 is 1.81 bits per heavy atom. The molecule has 0 saturated heterocycles. The topological polar surface area (TPSA) is 42.0 Å². The Morgan fingerprint density at radius 1 is 1.06 bits per heavy atom. The molecular formula is C26H26ClFN2O. The van der Waals surface area contributed by atoms with E-state index in [0.29, 0.717) is 22.4 Å². The second-order valence-electron chi connectivity index (χ2n) is 9.22. The van der Waals surface area contributed by atoms with Gasteiger partial charge in [0.1, 0.15) is 5.82 Å². The molecule has 31 heavy (non-hydrogen) atoms. The van der Waals surface area contributed by atoms with E-state index in [-0.39, 0.29) is 17.3 Å². The summed E-state index contributed by atoms with van der Waals surface area (Å²) in [6.45, 7) is 0. The number of carbonyl (C=O) groups is 1. The van der Waals surface area contributed by atoms with Crippen molar-refractivity contribution in [2.75, 3.05) is 0 Å². The normalized spacial score (nSPS) is 22.3. The smallest absolute Gasteiger partial charge is 0.251 e. The number of benzene rings is 2. The number of fused-ring (bicyclic) bond motifs is 1. The first-order valence-corrected chi connectivity index (χ1v) is 11.5. The van der Waals surface area contributed by atoms with E-state index in [1.54, 1.807) is 36.4 Å². The molecule has 0 aliphatic heterocycles. The maximum absolute atomic E-state index is 13.8. The number of aromatic nitrogens is 1. The van der Waals surface area contributed by atoms with Crippen LogP contribution in [0, 0.1) is 11.7 Å². The molecular weight excluding hydrogens is 411 g/mol. The molecule has 5 heteroatoms. The zero-order valence-corrected chi connectivity index (χ0v) is 18.2. The van der Waals surface area contributed by atoms with Crippen LogP contribution in [-0.4, -0.2) is 16.4 Å². The molecule has 1 amide bonds. The molecule has 0 spiro atoms. The molecule has 160 valence electrons. The van der Waals surface area contributed by atoms with Gasteiger partial charge in [-0.1, -0.05) is 11.6 Å². The highest BCUT2D eigenvalue weighted by atomic mass is 35.5. The van der Waals surface area contributed by atoms with Crippen LogP contribution < -0.4 is 5.32 Å². The third kappa shape index (κ3) is 4.45. The fraction of sp³-hybridized carbons (Fsp3) is 0.385.